The molecule has 0 atom stereocenters. The van der Waals surface area contributed by atoms with E-state index in [9.17, 15) is 0 Å². The van der Waals surface area contributed by atoms with Gasteiger partial charge < -0.3 is 20.1 Å². The second-order valence-electron chi connectivity index (χ2n) is 5.54. The Morgan fingerprint density at radius 2 is 1.87 bits per heavy atom. The summed E-state index contributed by atoms with van der Waals surface area (Å²) >= 11 is 0. The third-order valence-corrected chi connectivity index (χ3v) is 4.15. The van der Waals surface area contributed by atoms with Gasteiger partial charge in [0.15, 0.2) is 0 Å². The van der Waals surface area contributed by atoms with Gasteiger partial charge in [0.25, 0.3) is 0 Å². The van der Waals surface area contributed by atoms with Crippen LogP contribution in [-0.2, 0) is 6.54 Å². The molecule has 23 heavy (non-hydrogen) atoms. The quantitative estimate of drug-likeness (QED) is 0.662. The van der Waals surface area contributed by atoms with Crippen molar-refractivity contribution in [1.29, 1.82) is 0 Å². The van der Waals surface area contributed by atoms with Gasteiger partial charge in [-0.25, -0.2) is 0 Å². The molecule has 0 unspecified atom stereocenters. The monoisotopic (exact) mass is 316 g/mol. The molecule has 126 valence electrons. The van der Waals surface area contributed by atoms with Gasteiger partial charge in [-0.1, -0.05) is 44.2 Å². The first-order valence-corrected chi connectivity index (χ1v) is 8.47. The SMILES string of the molecule is CCN(CC)CCOc1ccc2ccccc2c1CNCCO. The molecule has 0 amide bonds. The summed E-state index contributed by atoms with van der Waals surface area (Å²) in [6, 6.07) is 12.5. The van der Waals surface area contributed by atoms with E-state index in [-0.39, 0.29) is 6.61 Å². The third kappa shape index (κ3) is 4.93. The van der Waals surface area contributed by atoms with Crippen molar-refractivity contribution in [2.45, 2.75) is 20.4 Å². The zero-order valence-electron chi connectivity index (χ0n) is 14.2. The Hall–Kier alpha value is -1.62. The van der Waals surface area contributed by atoms with E-state index in [2.05, 4.69) is 54.4 Å². The molecule has 0 aromatic heterocycles. The fourth-order valence-electron chi connectivity index (χ4n) is 2.75. The minimum absolute atomic E-state index is 0.142. The molecular weight excluding hydrogens is 288 g/mol. The zero-order valence-corrected chi connectivity index (χ0v) is 14.2. The number of aliphatic hydroxyl groups is 1. The van der Waals surface area contributed by atoms with E-state index in [0.29, 0.717) is 19.7 Å². The average molecular weight is 316 g/mol. The molecule has 0 aliphatic rings. The lowest BCUT2D eigenvalue weighted by Crippen LogP contribution is -2.28. The van der Waals surface area contributed by atoms with E-state index in [1.165, 1.54) is 10.8 Å². The normalized spacial score (nSPS) is 11.3. The van der Waals surface area contributed by atoms with Crippen LogP contribution in [0, 0.1) is 0 Å². The Labute approximate surface area is 139 Å². The van der Waals surface area contributed by atoms with Crippen LogP contribution < -0.4 is 10.1 Å². The van der Waals surface area contributed by atoms with Crippen LogP contribution in [-0.4, -0.2) is 49.4 Å². The van der Waals surface area contributed by atoms with Crippen LogP contribution >= 0.6 is 0 Å². The molecule has 0 saturated heterocycles. The Balaban J connectivity index is 2.15. The minimum atomic E-state index is 0.142. The number of nitrogens with one attached hydrogen (secondary N) is 1. The van der Waals surface area contributed by atoms with Crippen LogP contribution in [0.25, 0.3) is 10.8 Å². The number of likely N-dealkylation sites (N-methyl/N-ethyl adjacent to an activating group) is 1. The number of hydrogen-bond donors (Lipinski definition) is 2. The Morgan fingerprint density at radius 3 is 2.61 bits per heavy atom. The Kier molecular flexibility index (Phi) is 7.33. The van der Waals surface area contributed by atoms with Gasteiger partial charge in [-0.15, -0.1) is 0 Å². The van der Waals surface area contributed by atoms with Crippen LogP contribution in [0.3, 0.4) is 0 Å². The summed E-state index contributed by atoms with van der Waals surface area (Å²) in [5.41, 5.74) is 1.16. The molecule has 2 aromatic rings. The van der Waals surface area contributed by atoms with Crippen LogP contribution in [0.1, 0.15) is 19.4 Å². The summed E-state index contributed by atoms with van der Waals surface area (Å²) in [5.74, 6) is 0.932. The maximum Gasteiger partial charge on any atom is 0.124 e. The van der Waals surface area contributed by atoms with Crippen LogP contribution in [0.15, 0.2) is 36.4 Å². The number of fused-ring (bicyclic) bond motifs is 1. The van der Waals surface area contributed by atoms with Gasteiger partial charge in [-0.05, 0) is 29.9 Å². The first-order chi connectivity index (χ1) is 11.3. The molecule has 0 bridgehead atoms. The predicted octanol–water partition coefficient (Wildman–Crippen LogP) is 2.64. The number of hydrogen-bond acceptors (Lipinski definition) is 4. The van der Waals surface area contributed by atoms with Crippen molar-refractivity contribution in [2.24, 2.45) is 0 Å². The summed E-state index contributed by atoms with van der Waals surface area (Å²) in [4.78, 5) is 2.35. The molecule has 2 aromatic carbocycles. The van der Waals surface area contributed by atoms with Crippen molar-refractivity contribution < 1.29 is 9.84 Å². The topological polar surface area (TPSA) is 44.7 Å². The molecule has 0 heterocycles. The van der Waals surface area contributed by atoms with Crippen molar-refractivity contribution >= 4 is 10.8 Å². The predicted molar refractivity (Wildman–Crippen MR) is 96.0 cm³/mol. The van der Waals surface area contributed by atoms with Gasteiger partial charge in [0, 0.05) is 25.2 Å². The minimum Gasteiger partial charge on any atom is -0.492 e. The molecule has 0 saturated carbocycles. The highest BCUT2D eigenvalue weighted by atomic mass is 16.5. The Morgan fingerprint density at radius 1 is 1.09 bits per heavy atom. The molecule has 0 radical (unpaired) electrons. The second kappa shape index (κ2) is 9.50. The summed E-state index contributed by atoms with van der Waals surface area (Å²) in [7, 11) is 0. The number of nitrogens with zero attached hydrogens (tertiary/aromatic N) is 1. The van der Waals surface area contributed by atoms with E-state index < -0.39 is 0 Å². The van der Waals surface area contributed by atoms with Gasteiger partial charge >= 0.3 is 0 Å². The first-order valence-electron chi connectivity index (χ1n) is 8.47. The molecule has 0 aliphatic heterocycles. The number of benzene rings is 2. The van der Waals surface area contributed by atoms with Crippen LogP contribution in [0.5, 0.6) is 5.75 Å². The summed E-state index contributed by atoms with van der Waals surface area (Å²) in [6.45, 7) is 9.47. The molecular formula is C19H28N2O2. The highest BCUT2D eigenvalue weighted by molar-refractivity contribution is 5.87. The third-order valence-electron chi connectivity index (χ3n) is 4.15. The van der Waals surface area contributed by atoms with Gasteiger partial charge in [-0.3, -0.25) is 0 Å². The van der Waals surface area contributed by atoms with Gasteiger partial charge in [0.05, 0.1) is 6.61 Å². The molecule has 0 aliphatic carbocycles. The maximum absolute atomic E-state index is 8.98. The zero-order chi connectivity index (χ0) is 16.5. The second-order valence-corrected chi connectivity index (χ2v) is 5.54. The van der Waals surface area contributed by atoms with Crippen molar-refractivity contribution in [1.82, 2.24) is 10.2 Å². The van der Waals surface area contributed by atoms with Gasteiger partial charge in [0.1, 0.15) is 12.4 Å². The largest absolute Gasteiger partial charge is 0.492 e. The maximum atomic E-state index is 8.98. The number of ether oxygens (including phenoxy) is 1. The van der Waals surface area contributed by atoms with Crippen molar-refractivity contribution in [3.63, 3.8) is 0 Å². The van der Waals surface area contributed by atoms with E-state index >= 15 is 0 Å². The van der Waals surface area contributed by atoms with Gasteiger partial charge in [-0.2, -0.15) is 0 Å². The summed E-state index contributed by atoms with van der Waals surface area (Å²) < 4.78 is 6.07. The lowest BCUT2D eigenvalue weighted by molar-refractivity contribution is 0.221. The lowest BCUT2D eigenvalue weighted by atomic mass is 10.0. The Bertz CT molecular complexity index is 597. The van der Waals surface area contributed by atoms with Crippen molar-refractivity contribution in [3.8, 4) is 5.75 Å². The van der Waals surface area contributed by atoms with Crippen LogP contribution in [0.4, 0.5) is 0 Å². The van der Waals surface area contributed by atoms with Crippen molar-refractivity contribution in [2.75, 3.05) is 39.4 Å². The fourth-order valence-corrected chi connectivity index (χ4v) is 2.75. The molecule has 2 rings (SSSR count). The first kappa shape index (κ1) is 17.7. The highest BCUT2D eigenvalue weighted by Crippen LogP contribution is 2.28. The standard InChI is InChI=1S/C19H28N2O2/c1-3-21(4-2)12-14-23-19-10-9-16-7-5-6-8-17(16)18(19)15-20-11-13-22/h5-10,20,22H,3-4,11-15H2,1-2H3. The highest BCUT2D eigenvalue weighted by Gasteiger charge is 2.09. The van der Waals surface area contributed by atoms with Gasteiger partial charge in [0.2, 0.25) is 0 Å². The van der Waals surface area contributed by atoms with E-state index in [1.54, 1.807) is 0 Å². The van der Waals surface area contributed by atoms with Crippen molar-refractivity contribution in [3.05, 3.63) is 42.0 Å². The number of aliphatic hydroxyl groups excluding tert-OH is 1. The summed E-state index contributed by atoms with van der Waals surface area (Å²) in [6.07, 6.45) is 0. The lowest BCUT2D eigenvalue weighted by Gasteiger charge is -2.20. The molecule has 2 N–H and O–H groups in total. The van der Waals surface area contributed by atoms with E-state index in [0.717, 1.165) is 30.9 Å². The molecule has 0 spiro atoms. The summed E-state index contributed by atoms with van der Waals surface area (Å²) in [5, 5.41) is 14.7. The van der Waals surface area contributed by atoms with E-state index in [4.69, 9.17) is 9.84 Å². The smallest absolute Gasteiger partial charge is 0.124 e. The molecule has 4 heteroatoms. The molecule has 0 fully saturated rings. The molecule has 4 nitrogen and oxygen atoms in total. The number of rotatable bonds is 10. The average Bonchev–Trinajstić information content (AvgIpc) is 2.60. The fraction of sp³-hybridized carbons (Fsp3) is 0.474. The van der Waals surface area contributed by atoms with Crippen LogP contribution in [0.2, 0.25) is 0 Å². The van der Waals surface area contributed by atoms with E-state index in [1.807, 2.05) is 6.07 Å².